The Morgan fingerprint density at radius 2 is 2.12 bits per heavy atom. The molecular formula is C13H23NO2. The van der Waals surface area contributed by atoms with Gasteiger partial charge in [0.05, 0.1) is 5.60 Å². The van der Waals surface area contributed by atoms with Crippen molar-refractivity contribution < 1.29 is 9.90 Å². The molecule has 3 heteroatoms. The molecule has 3 nitrogen and oxygen atoms in total. The molecule has 0 aromatic heterocycles. The highest BCUT2D eigenvalue weighted by Gasteiger charge is 2.49. The van der Waals surface area contributed by atoms with Crippen LogP contribution >= 0.6 is 0 Å². The number of rotatable bonds is 4. The molecule has 1 rings (SSSR count). The van der Waals surface area contributed by atoms with Gasteiger partial charge in [0.25, 0.3) is 0 Å². The van der Waals surface area contributed by atoms with Crippen LogP contribution in [-0.2, 0) is 4.79 Å². The van der Waals surface area contributed by atoms with Crippen LogP contribution in [0.4, 0.5) is 0 Å². The fraction of sp³-hybridized carbons (Fsp3) is 0.769. The van der Waals surface area contributed by atoms with Crippen LogP contribution in [0.25, 0.3) is 0 Å². The minimum Gasteiger partial charge on any atom is -0.390 e. The average Bonchev–Trinajstić information content (AvgIpc) is 2.07. The van der Waals surface area contributed by atoms with Gasteiger partial charge in [-0.05, 0) is 38.2 Å². The lowest BCUT2D eigenvalue weighted by Crippen LogP contribution is -2.61. The maximum absolute atomic E-state index is 11.3. The van der Waals surface area contributed by atoms with Crippen LogP contribution in [0, 0.1) is 17.8 Å². The molecule has 0 radical (unpaired) electrons. The molecule has 3 unspecified atom stereocenters. The molecule has 3 atom stereocenters. The first-order valence-corrected chi connectivity index (χ1v) is 5.92. The Hall–Kier alpha value is -0.830. The van der Waals surface area contributed by atoms with Crippen molar-refractivity contribution in [1.82, 2.24) is 5.32 Å². The fourth-order valence-corrected chi connectivity index (χ4v) is 2.78. The molecule has 92 valence electrons. The van der Waals surface area contributed by atoms with Gasteiger partial charge in [0.2, 0.25) is 5.91 Å². The third-order valence-electron chi connectivity index (χ3n) is 3.61. The number of amides is 1. The molecule has 16 heavy (non-hydrogen) atoms. The van der Waals surface area contributed by atoms with Gasteiger partial charge in [0.15, 0.2) is 0 Å². The molecule has 0 bridgehead atoms. The predicted molar refractivity (Wildman–Crippen MR) is 64.9 cm³/mol. The molecule has 0 aliphatic heterocycles. The molecule has 0 heterocycles. The maximum atomic E-state index is 11.3. The highest BCUT2D eigenvalue weighted by Crippen LogP contribution is 2.45. The summed E-state index contributed by atoms with van der Waals surface area (Å²) < 4.78 is 0. The Morgan fingerprint density at radius 3 is 2.50 bits per heavy atom. The maximum Gasteiger partial charge on any atom is 0.243 e. The Balaban J connectivity index is 2.69. The first kappa shape index (κ1) is 13.2. The zero-order valence-corrected chi connectivity index (χ0v) is 10.7. The normalized spacial score (nSPS) is 29.8. The quantitative estimate of drug-likeness (QED) is 0.716. The summed E-state index contributed by atoms with van der Waals surface area (Å²) in [5.74, 6) is 1.00. The lowest BCUT2D eigenvalue weighted by Gasteiger charge is -2.52. The van der Waals surface area contributed by atoms with E-state index >= 15 is 0 Å². The second-order valence-electron chi connectivity index (χ2n) is 5.64. The highest BCUT2D eigenvalue weighted by molar-refractivity contribution is 5.87. The van der Waals surface area contributed by atoms with Crippen LogP contribution in [0.15, 0.2) is 12.7 Å². The second kappa shape index (κ2) is 4.58. The van der Waals surface area contributed by atoms with Crippen LogP contribution in [-0.4, -0.2) is 22.7 Å². The number of hydrogen-bond acceptors (Lipinski definition) is 2. The summed E-state index contributed by atoms with van der Waals surface area (Å²) in [6.07, 6.45) is 2.23. The fourth-order valence-electron chi connectivity index (χ4n) is 2.78. The van der Waals surface area contributed by atoms with E-state index in [2.05, 4.69) is 25.7 Å². The highest BCUT2D eigenvalue weighted by atomic mass is 16.3. The predicted octanol–water partition coefficient (Wildman–Crippen LogP) is 1.72. The van der Waals surface area contributed by atoms with E-state index in [1.165, 1.54) is 6.08 Å². The van der Waals surface area contributed by atoms with Crippen LogP contribution in [0.3, 0.4) is 0 Å². The number of nitrogens with one attached hydrogen (secondary N) is 1. The van der Waals surface area contributed by atoms with Gasteiger partial charge in [-0.25, -0.2) is 0 Å². The van der Waals surface area contributed by atoms with Crippen molar-refractivity contribution >= 4 is 5.91 Å². The van der Waals surface area contributed by atoms with Crippen LogP contribution < -0.4 is 5.32 Å². The molecule has 1 fully saturated rings. The van der Waals surface area contributed by atoms with E-state index in [1.807, 2.05) is 13.8 Å². The number of carbonyl (C=O) groups excluding carboxylic acids is 1. The van der Waals surface area contributed by atoms with Gasteiger partial charge in [-0.2, -0.15) is 0 Å². The summed E-state index contributed by atoms with van der Waals surface area (Å²) in [6.45, 7) is 11.4. The van der Waals surface area contributed by atoms with Gasteiger partial charge >= 0.3 is 0 Å². The largest absolute Gasteiger partial charge is 0.390 e. The Bertz CT molecular complexity index is 278. The molecule has 0 aromatic rings. The van der Waals surface area contributed by atoms with Crippen LogP contribution in [0.1, 0.15) is 34.1 Å². The van der Waals surface area contributed by atoms with Crippen molar-refractivity contribution in [3.63, 3.8) is 0 Å². The summed E-state index contributed by atoms with van der Waals surface area (Å²) in [5, 5.41) is 13.0. The van der Waals surface area contributed by atoms with Crippen molar-refractivity contribution in [2.24, 2.45) is 17.8 Å². The van der Waals surface area contributed by atoms with E-state index in [0.717, 1.165) is 6.42 Å². The van der Waals surface area contributed by atoms with Crippen molar-refractivity contribution in [3.05, 3.63) is 12.7 Å². The zero-order chi connectivity index (χ0) is 12.5. The van der Waals surface area contributed by atoms with Crippen LogP contribution in [0.2, 0.25) is 0 Å². The van der Waals surface area contributed by atoms with Crippen LogP contribution in [0.5, 0.6) is 0 Å². The molecule has 0 saturated heterocycles. The summed E-state index contributed by atoms with van der Waals surface area (Å²) in [4.78, 5) is 11.3. The summed E-state index contributed by atoms with van der Waals surface area (Å²) in [5.41, 5.74) is -0.744. The third-order valence-corrected chi connectivity index (χ3v) is 3.61. The SMILES string of the molecule is C=CC(=O)NC1CC(C(C)C)C1C(C)(C)O. The Kier molecular flexibility index (Phi) is 3.79. The number of aliphatic hydroxyl groups is 1. The summed E-state index contributed by atoms with van der Waals surface area (Å²) in [7, 11) is 0. The van der Waals surface area contributed by atoms with E-state index in [1.54, 1.807) is 0 Å². The summed E-state index contributed by atoms with van der Waals surface area (Å²) >= 11 is 0. The lowest BCUT2D eigenvalue weighted by atomic mass is 9.58. The molecule has 1 aliphatic carbocycles. The van der Waals surface area contributed by atoms with Crippen molar-refractivity contribution in [2.45, 2.75) is 45.8 Å². The molecular weight excluding hydrogens is 202 g/mol. The smallest absolute Gasteiger partial charge is 0.243 e. The minimum absolute atomic E-state index is 0.0814. The summed E-state index contributed by atoms with van der Waals surface area (Å²) in [6, 6.07) is 0.0814. The average molecular weight is 225 g/mol. The lowest BCUT2D eigenvalue weighted by molar-refractivity contribution is -0.126. The molecule has 2 N–H and O–H groups in total. The molecule has 0 spiro atoms. The van der Waals surface area contributed by atoms with Crippen molar-refractivity contribution in [3.8, 4) is 0 Å². The van der Waals surface area contributed by atoms with Gasteiger partial charge in [-0.1, -0.05) is 20.4 Å². The zero-order valence-electron chi connectivity index (χ0n) is 10.7. The van der Waals surface area contributed by atoms with E-state index in [0.29, 0.717) is 11.8 Å². The molecule has 1 saturated carbocycles. The topological polar surface area (TPSA) is 49.3 Å². The van der Waals surface area contributed by atoms with E-state index in [9.17, 15) is 9.90 Å². The van der Waals surface area contributed by atoms with Gasteiger partial charge in [0, 0.05) is 12.0 Å². The Morgan fingerprint density at radius 1 is 1.56 bits per heavy atom. The van der Waals surface area contributed by atoms with E-state index in [4.69, 9.17) is 0 Å². The van der Waals surface area contributed by atoms with Gasteiger partial charge in [-0.3, -0.25) is 4.79 Å². The third kappa shape index (κ3) is 2.64. The van der Waals surface area contributed by atoms with Crippen molar-refractivity contribution in [1.29, 1.82) is 0 Å². The van der Waals surface area contributed by atoms with E-state index in [-0.39, 0.29) is 17.9 Å². The second-order valence-corrected chi connectivity index (χ2v) is 5.64. The van der Waals surface area contributed by atoms with Gasteiger partial charge in [-0.15, -0.1) is 0 Å². The first-order chi connectivity index (χ1) is 7.27. The van der Waals surface area contributed by atoms with Gasteiger partial charge in [0.1, 0.15) is 0 Å². The van der Waals surface area contributed by atoms with E-state index < -0.39 is 5.60 Å². The van der Waals surface area contributed by atoms with Crippen molar-refractivity contribution in [2.75, 3.05) is 0 Å². The standard InChI is InChI=1S/C13H23NO2/c1-6-11(15)14-10-7-9(8(2)3)12(10)13(4,5)16/h6,8-10,12,16H,1,7H2,2-5H3,(H,14,15). The monoisotopic (exact) mass is 225 g/mol. The number of hydrogen-bond donors (Lipinski definition) is 2. The Labute approximate surface area is 97.9 Å². The molecule has 0 aromatic carbocycles. The first-order valence-electron chi connectivity index (χ1n) is 5.92. The molecule has 1 aliphatic rings. The molecule has 1 amide bonds. The van der Waals surface area contributed by atoms with Gasteiger partial charge < -0.3 is 10.4 Å². The minimum atomic E-state index is -0.744. The number of carbonyl (C=O) groups is 1.